The standard InChI is InChI=1S/C26H25N3O2/c30-25(27-22-11-5-4-10-21(22)19-8-2-1-3-9-19)18-29-16-14-20(15-17-29)26-28-23-12-6-7-13-24(23)31-26/h1-13,20H,14-18H2,(H,27,30). The zero-order chi connectivity index (χ0) is 21.0. The Morgan fingerprint density at radius 2 is 1.65 bits per heavy atom. The second-order valence-electron chi connectivity index (χ2n) is 8.03. The van der Waals surface area contributed by atoms with Crippen LogP contribution >= 0.6 is 0 Å². The Kier molecular flexibility index (Phi) is 5.50. The second kappa shape index (κ2) is 8.74. The van der Waals surface area contributed by atoms with Crippen LogP contribution in [0.25, 0.3) is 22.2 Å². The van der Waals surface area contributed by atoms with E-state index in [0.29, 0.717) is 12.5 Å². The van der Waals surface area contributed by atoms with Crippen molar-refractivity contribution in [3.63, 3.8) is 0 Å². The van der Waals surface area contributed by atoms with Gasteiger partial charge in [-0.3, -0.25) is 9.69 Å². The molecule has 0 radical (unpaired) electrons. The Labute approximate surface area is 181 Å². The van der Waals surface area contributed by atoms with Gasteiger partial charge in [0.2, 0.25) is 5.91 Å². The largest absolute Gasteiger partial charge is 0.440 e. The summed E-state index contributed by atoms with van der Waals surface area (Å²) in [6.45, 7) is 2.11. The van der Waals surface area contributed by atoms with Crippen LogP contribution in [-0.2, 0) is 4.79 Å². The third kappa shape index (κ3) is 4.37. The number of likely N-dealkylation sites (tertiary alicyclic amines) is 1. The van der Waals surface area contributed by atoms with Crippen LogP contribution in [0, 0.1) is 0 Å². The minimum absolute atomic E-state index is 0.0173. The van der Waals surface area contributed by atoms with Gasteiger partial charge in [0.1, 0.15) is 5.52 Å². The van der Waals surface area contributed by atoms with E-state index in [0.717, 1.165) is 59.7 Å². The van der Waals surface area contributed by atoms with Gasteiger partial charge in [-0.1, -0.05) is 60.7 Å². The third-order valence-corrected chi connectivity index (χ3v) is 5.90. The SMILES string of the molecule is O=C(CN1CCC(c2nc3ccccc3o2)CC1)Nc1ccccc1-c1ccccc1. The number of piperidine rings is 1. The molecule has 0 spiro atoms. The van der Waals surface area contributed by atoms with Crippen molar-refractivity contribution in [3.8, 4) is 11.1 Å². The van der Waals surface area contributed by atoms with E-state index in [1.165, 1.54) is 0 Å². The van der Waals surface area contributed by atoms with Crippen molar-refractivity contribution in [3.05, 3.63) is 84.8 Å². The number of amides is 1. The molecule has 1 amide bonds. The normalized spacial score (nSPS) is 15.2. The summed E-state index contributed by atoms with van der Waals surface area (Å²) >= 11 is 0. The molecule has 0 aliphatic carbocycles. The van der Waals surface area contributed by atoms with Gasteiger partial charge in [0.05, 0.1) is 6.54 Å². The van der Waals surface area contributed by atoms with Crippen molar-refractivity contribution in [2.45, 2.75) is 18.8 Å². The predicted molar refractivity (Wildman–Crippen MR) is 123 cm³/mol. The number of nitrogens with one attached hydrogen (secondary N) is 1. The molecule has 0 atom stereocenters. The van der Waals surface area contributed by atoms with Crippen LogP contribution in [0.4, 0.5) is 5.69 Å². The van der Waals surface area contributed by atoms with Gasteiger partial charge in [-0.25, -0.2) is 4.98 Å². The van der Waals surface area contributed by atoms with Crippen molar-refractivity contribution in [2.24, 2.45) is 0 Å². The fourth-order valence-corrected chi connectivity index (χ4v) is 4.26. The van der Waals surface area contributed by atoms with Gasteiger partial charge in [-0.15, -0.1) is 0 Å². The monoisotopic (exact) mass is 411 g/mol. The number of rotatable bonds is 5. The van der Waals surface area contributed by atoms with Gasteiger partial charge in [0.25, 0.3) is 0 Å². The number of oxazole rings is 1. The van der Waals surface area contributed by atoms with Crippen molar-refractivity contribution < 1.29 is 9.21 Å². The predicted octanol–water partition coefficient (Wildman–Crippen LogP) is 5.31. The lowest BCUT2D eigenvalue weighted by Gasteiger charge is -2.30. The summed E-state index contributed by atoms with van der Waals surface area (Å²) in [7, 11) is 0. The van der Waals surface area contributed by atoms with E-state index in [1.807, 2.05) is 66.7 Å². The van der Waals surface area contributed by atoms with Crippen LogP contribution < -0.4 is 5.32 Å². The Bertz CT molecular complexity index is 1140. The number of anilines is 1. The summed E-state index contributed by atoms with van der Waals surface area (Å²) in [5.74, 6) is 1.15. The number of carbonyl (C=O) groups excluding carboxylic acids is 1. The number of carbonyl (C=O) groups is 1. The molecule has 1 aliphatic heterocycles. The highest BCUT2D eigenvalue weighted by molar-refractivity contribution is 5.96. The van der Waals surface area contributed by atoms with Gasteiger partial charge in [0, 0.05) is 17.2 Å². The quantitative estimate of drug-likeness (QED) is 0.483. The first-order chi connectivity index (χ1) is 15.3. The molecule has 4 aromatic rings. The van der Waals surface area contributed by atoms with E-state index in [2.05, 4.69) is 27.3 Å². The molecule has 0 bridgehead atoms. The van der Waals surface area contributed by atoms with E-state index < -0.39 is 0 Å². The maximum absolute atomic E-state index is 12.7. The third-order valence-electron chi connectivity index (χ3n) is 5.90. The molecule has 1 fully saturated rings. The highest BCUT2D eigenvalue weighted by atomic mass is 16.3. The first kappa shape index (κ1) is 19.5. The van der Waals surface area contributed by atoms with Gasteiger partial charge in [-0.05, 0) is 49.7 Å². The number of fused-ring (bicyclic) bond motifs is 1. The van der Waals surface area contributed by atoms with Crippen molar-refractivity contribution in [1.82, 2.24) is 9.88 Å². The molecular weight excluding hydrogens is 386 g/mol. The molecule has 156 valence electrons. The number of para-hydroxylation sites is 3. The number of aromatic nitrogens is 1. The minimum Gasteiger partial charge on any atom is -0.440 e. The molecular formula is C26H25N3O2. The van der Waals surface area contributed by atoms with Crippen LogP contribution in [0.1, 0.15) is 24.7 Å². The number of nitrogens with zero attached hydrogens (tertiary/aromatic N) is 2. The fraction of sp³-hybridized carbons (Fsp3) is 0.231. The van der Waals surface area contributed by atoms with E-state index in [4.69, 9.17) is 4.42 Å². The molecule has 2 heterocycles. The van der Waals surface area contributed by atoms with Gasteiger partial charge in [0.15, 0.2) is 11.5 Å². The molecule has 1 aromatic heterocycles. The highest BCUT2D eigenvalue weighted by Crippen LogP contribution is 2.30. The van der Waals surface area contributed by atoms with Gasteiger partial charge >= 0.3 is 0 Å². The van der Waals surface area contributed by atoms with Crippen LogP contribution in [-0.4, -0.2) is 35.4 Å². The summed E-state index contributed by atoms with van der Waals surface area (Å²) in [6, 6.07) is 26.0. The molecule has 31 heavy (non-hydrogen) atoms. The average Bonchev–Trinajstić information content (AvgIpc) is 3.25. The molecule has 0 saturated carbocycles. The number of benzene rings is 3. The first-order valence-corrected chi connectivity index (χ1v) is 10.8. The molecule has 1 saturated heterocycles. The summed E-state index contributed by atoms with van der Waals surface area (Å²) in [6.07, 6.45) is 1.89. The Morgan fingerprint density at radius 3 is 2.45 bits per heavy atom. The second-order valence-corrected chi connectivity index (χ2v) is 8.03. The van der Waals surface area contributed by atoms with Crippen LogP contribution in [0.3, 0.4) is 0 Å². The molecule has 5 rings (SSSR count). The van der Waals surface area contributed by atoms with E-state index in [1.54, 1.807) is 0 Å². The Hall–Kier alpha value is -3.44. The number of hydrogen-bond donors (Lipinski definition) is 1. The number of hydrogen-bond acceptors (Lipinski definition) is 4. The molecule has 1 N–H and O–H groups in total. The van der Waals surface area contributed by atoms with Crippen LogP contribution in [0.2, 0.25) is 0 Å². The summed E-state index contributed by atoms with van der Waals surface area (Å²) < 4.78 is 5.95. The summed E-state index contributed by atoms with van der Waals surface area (Å²) in [5.41, 5.74) is 4.73. The zero-order valence-corrected chi connectivity index (χ0v) is 17.3. The molecule has 1 aliphatic rings. The van der Waals surface area contributed by atoms with E-state index in [9.17, 15) is 4.79 Å². The molecule has 3 aromatic carbocycles. The average molecular weight is 412 g/mol. The molecule has 5 nitrogen and oxygen atoms in total. The van der Waals surface area contributed by atoms with Crippen LogP contribution in [0.15, 0.2) is 83.3 Å². The first-order valence-electron chi connectivity index (χ1n) is 10.8. The lowest BCUT2D eigenvalue weighted by atomic mass is 9.97. The summed E-state index contributed by atoms with van der Waals surface area (Å²) in [5, 5.41) is 3.11. The van der Waals surface area contributed by atoms with E-state index in [-0.39, 0.29) is 5.91 Å². The maximum atomic E-state index is 12.7. The van der Waals surface area contributed by atoms with Crippen LogP contribution in [0.5, 0.6) is 0 Å². The van der Waals surface area contributed by atoms with Crippen molar-refractivity contribution >= 4 is 22.7 Å². The van der Waals surface area contributed by atoms with Gasteiger partial charge in [-0.2, -0.15) is 0 Å². The lowest BCUT2D eigenvalue weighted by molar-refractivity contribution is -0.117. The minimum atomic E-state index is 0.0173. The molecule has 5 heteroatoms. The smallest absolute Gasteiger partial charge is 0.238 e. The molecule has 0 unspecified atom stereocenters. The van der Waals surface area contributed by atoms with Crippen molar-refractivity contribution in [2.75, 3.05) is 25.0 Å². The highest BCUT2D eigenvalue weighted by Gasteiger charge is 2.25. The maximum Gasteiger partial charge on any atom is 0.238 e. The topological polar surface area (TPSA) is 58.4 Å². The van der Waals surface area contributed by atoms with Crippen molar-refractivity contribution in [1.29, 1.82) is 0 Å². The summed E-state index contributed by atoms with van der Waals surface area (Å²) in [4.78, 5) is 19.6. The van der Waals surface area contributed by atoms with Gasteiger partial charge < -0.3 is 9.73 Å². The fourth-order valence-electron chi connectivity index (χ4n) is 4.26. The Morgan fingerprint density at radius 1 is 0.935 bits per heavy atom. The van der Waals surface area contributed by atoms with E-state index >= 15 is 0 Å². The lowest BCUT2D eigenvalue weighted by Crippen LogP contribution is -2.38. The zero-order valence-electron chi connectivity index (χ0n) is 17.3. The Balaban J connectivity index is 1.19.